The lowest BCUT2D eigenvalue weighted by Gasteiger charge is -2.20. The van der Waals surface area contributed by atoms with Crippen molar-refractivity contribution in [1.29, 1.82) is 0 Å². The average Bonchev–Trinajstić information content (AvgIpc) is 3.16. The van der Waals surface area contributed by atoms with Gasteiger partial charge in [0.2, 0.25) is 0 Å². The van der Waals surface area contributed by atoms with Crippen LogP contribution in [-0.2, 0) is 19.5 Å². The van der Waals surface area contributed by atoms with Crippen molar-refractivity contribution in [3.63, 3.8) is 0 Å². The molecular weight excluding hydrogens is 353 g/mol. The lowest BCUT2D eigenvalue weighted by atomic mass is 9.96. The smallest absolute Gasteiger partial charge is 0.162 e. The van der Waals surface area contributed by atoms with Gasteiger partial charge in [0.1, 0.15) is 12.5 Å². The van der Waals surface area contributed by atoms with Gasteiger partial charge in [-0.3, -0.25) is 5.10 Å². The van der Waals surface area contributed by atoms with Crippen LogP contribution in [0.3, 0.4) is 0 Å². The van der Waals surface area contributed by atoms with Crippen LogP contribution < -0.4 is 5.32 Å². The SMILES string of the molecule is FCc1ccccc1-c1nc2c(c(Nc3n[nH]c4ccccc34)n1)CCCC2. The summed E-state index contributed by atoms with van der Waals surface area (Å²) in [5.74, 6) is 2.08. The number of nitrogens with zero attached hydrogens (tertiary/aromatic N) is 3. The third-order valence-electron chi connectivity index (χ3n) is 5.29. The summed E-state index contributed by atoms with van der Waals surface area (Å²) in [4.78, 5) is 9.60. The molecule has 5 nitrogen and oxygen atoms in total. The number of benzene rings is 2. The molecule has 1 aliphatic carbocycles. The van der Waals surface area contributed by atoms with Gasteiger partial charge in [-0.1, -0.05) is 36.4 Å². The Morgan fingerprint density at radius 3 is 2.68 bits per heavy atom. The molecule has 0 fully saturated rings. The second kappa shape index (κ2) is 7.03. The number of aromatic amines is 1. The van der Waals surface area contributed by atoms with Gasteiger partial charge in [-0.25, -0.2) is 14.4 Å². The maximum Gasteiger partial charge on any atom is 0.162 e. The molecule has 140 valence electrons. The molecule has 2 N–H and O–H groups in total. The number of hydrogen-bond donors (Lipinski definition) is 2. The van der Waals surface area contributed by atoms with Gasteiger partial charge in [0, 0.05) is 22.2 Å². The van der Waals surface area contributed by atoms with Crippen LogP contribution in [0.15, 0.2) is 48.5 Å². The van der Waals surface area contributed by atoms with Crippen LogP contribution >= 0.6 is 0 Å². The maximum absolute atomic E-state index is 13.5. The number of aryl methyl sites for hydroxylation is 1. The Bertz CT molecular complexity index is 1150. The standard InChI is InChI=1S/C22H20FN5/c23-13-14-7-1-2-8-15(14)20-24-18-11-5-3-9-16(18)21(25-20)26-22-17-10-4-6-12-19(17)27-28-22/h1-2,4,6-8,10,12H,3,5,9,11,13H2,(H2,24,25,26,27,28). The Labute approximate surface area is 162 Å². The lowest BCUT2D eigenvalue weighted by molar-refractivity contribution is 0.486. The van der Waals surface area contributed by atoms with Crippen LogP contribution in [0.1, 0.15) is 29.7 Å². The van der Waals surface area contributed by atoms with Crippen molar-refractivity contribution >= 4 is 22.5 Å². The summed E-state index contributed by atoms with van der Waals surface area (Å²) in [5.41, 5.74) is 4.51. The largest absolute Gasteiger partial charge is 0.323 e. The summed E-state index contributed by atoms with van der Waals surface area (Å²) in [6.07, 6.45) is 4.08. The highest BCUT2D eigenvalue weighted by Crippen LogP contribution is 2.32. The Balaban J connectivity index is 1.64. The molecule has 6 heteroatoms. The highest BCUT2D eigenvalue weighted by molar-refractivity contribution is 5.91. The van der Waals surface area contributed by atoms with Gasteiger partial charge in [-0.05, 0) is 43.4 Å². The molecule has 0 unspecified atom stereocenters. The molecule has 0 spiro atoms. The number of anilines is 2. The van der Waals surface area contributed by atoms with Gasteiger partial charge >= 0.3 is 0 Å². The van der Waals surface area contributed by atoms with Crippen LogP contribution in [0.2, 0.25) is 0 Å². The van der Waals surface area contributed by atoms with Gasteiger partial charge in [-0.15, -0.1) is 0 Å². The fraction of sp³-hybridized carbons (Fsp3) is 0.227. The maximum atomic E-state index is 13.5. The van der Waals surface area contributed by atoms with Crippen molar-refractivity contribution in [2.75, 3.05) is 5.32 Å². The summed E-state index contributed by atoms with van der Waals surface area (Å²) >= 11 is 0. The zero-order chi connectivity index (χ0) is 18.9. The average molecular weight is 373 g/mol. The monoisotopic (exact) mass is 373 g/mol. The molecule has 0 bridgehead atoms. The van der Waals surface area contributed by atoms with Crippen molar-refractivity contribution in [2.45, 2.75) is 32.4 Å². The van der Waals surface area contributed by atoms with Gasteiger partial charge in [0.05, 0.1) is 5.52 Å². The van der Waals surface area contributed by atoms with Gasteiger partial charge in [0.15, 0.2) is 11.6 Å². The summed E-state index contributed by atoms with van der Waals surface area (Å²) in [7, 11) is 0. The molecule has 0 saturated heterocycles. The van der Waals surface area contributed by atoms with E-state index in [0.717, 1.165) is 65.0 Å². The third kappa shape index (κ3) is 2.91. The van der Waals surface area contributed by atoms with Crippen molar-refractivity contribution < 1.29 is 4.39 Å². The number of rotatable bonds is 4. The molecule has 5 rings (SSSR count). The minimum absolute atomic E-state index is 0.538. The van der Waals surface area contributed by atoms with Gasteiger partial charge in [-0.2, -0.15) is 5.10 Å². The highest BCUT2D eigenvalue weighted by atomic mass is 19.1. The van der Waals surface area contributed by atoms with E-state index in [1.807, 2.05) is 42.5 Å². The van der Waals surface area contributed by atoms with E-state index in [-0.39, 0.29) is 0 Å². The van der Waals surface area contributed by atoms with Crippen LogP contribution in [0, 0.1) is 0 Å². The number of nitrogens with one attached hydrogen (secondary N) is 2. The molecule has 2 heterocycles. The van der Waals surface area contributed by atoms with E-state index in [1.165, 1.54) is 0 Å². The van der Waals surface area contributed by atoms with E-state index in [4.69, 9.17) is 9.97 Å². The van der Waals surface area contributed by atoms with E-state index in [9.17, 15) is 4.39 Å². The zero-order valence-electron chi connectivity index (χ0n) is 15.4. The number of H-pyrrole nitrogens is 1. The van der Waals surface area contributed by atoms with Crippen molar-refractivity contribution in [3.8, 4) is 11.4 Å². The van der Waals surface area contributed by atoms with Gasteiger partial charge in [0.25, 0.3) is 0 Å². The molecular formula is C22H20FN5. The Morgan fingerprint density at radius 1 is 0.929 bits per heavy atom. The number of para-hydroxylation sites is 1. The van der Waals surface area contributed by atoms with Crippen molar-refractivity contribution in [2.24, 2.45) is 0 Å². The third-order valence-corrected chi connectivity index (χ3v) is 5.29. The molecule has 2 aromatic carbocycles. The Hall–Kier alpha value is -3.28. The second-order valence-electron chi connectivity index (χ2n) is 7.06. The van der Waals surface area contributed by atoms with E-state index in [0.29, 0.717) is 11.4 Å². The molecule has 0 radical (unpaired) electrons. The van der Waals surface area contributed by atoms with Crippen molar-refractivity contribution in [1.82, 2.24) is 20.2 Å². The second-order valence-corrected chi connectivity index (χ2v) is 7.06. The number of hydrogen-bond acceptors (Lipinski definition) is 4. The highest BCUT2D eigenvalue weighted by Gasteiger charge is 2.20. The van der Waals surface area contributed by atoms with E-state index in [1.54, 1.807) is 6.07 Å². The normalized spacial score (nSPS) is 13.5. The fourth-order valence-electron chi connectivity index (χ4n) is 3.84. The molecule has 0 amide bonds. The first kappa shape index (κ1) is 16.9. The molecule has 1 aliphatic rings. The molecule has 0 atom stereocenters. The summed E-state index contributed by atoms with van der Waals surface area (Å²) in [6.45, 7) is -0.538. The molecule has 0 aliphatic heterocycles. The first-order valence-corrected chi connectivity index (χ1v) is 9.57. The number of fused-ring (bicyclic) bond motifs is 2. The van der Waals surface area contributed by atoms with Crippen molar-refractivity contribution in [3.05, 3.63) is 65.4 Å². The number of alkyl halides is 1. The van der Waals surface area contributed by atoms with Gasteiger partial charge < -0.3 is 5.32 Å². The molecule has 4 aromatic rings. The predicted molar refractivity (Wildman–Crippen MR) is 108 cm³/mol. The summed E-state index contributed by atoms with van der Waals surface area (Å²) < 4.78 is 13.5. The quantitative estimate of drug-likeness (QED) is 0.521. The fourth-order valence-corrected chi connectivity index (χ4v) is 3.84. The van der Waals surface area contributed by atoms with Crippen LogP contribution in [0.25, 0.3) is 22.3 Å². The van der Waals surface area contributed by atoms with E-state index < -0.39 is 6.67 Å². The molecule has 28 heavy (non-hydrogen) atoms. The number of aromatic nitrogens is 4. The van der Waals surface area contributed by atoms with E-state index >= 15 is 0 Å². The first-order chi connectivity index (χ1) is 13.8. The lowest BCUT2D eigenvalue weighted by Crippen LogP contribution is -2.12. The summed E-state index contributed by atoms with van der Waals surface area (Å²) in [5, 5.41) is 11.9. The van der Waals surface area contributed by atoms with Crippen LogP contribution in [-0.4, -0.2) is 20.2 Å². The first-order valence-electron chi connectivity index (χ1n) is 9.57. The van der Waals surface area contributed by atoms with E-state index in [2.05, 4.69) is 15.5 Å². The number of halogens is 1. The summed E-state index contributed by atoms with van der Waals surface area (Å²) in [6, 6.07) is 15.4. The minimum atomic E-state index is -0.538. The molecule has 0 saturated carbocycles. The topological polar surface area (TPSA) is 66.5 Å². The zero-order valence-corrected chi connectivity index (χ0v) is 15.4. The Kier molecular flexibility index (Phi) is 4.24. The minimum Gasteiger partial charge on any atom is -0.323 e. The predicted octanol–water partition coefficient (Wildman–Crippen LogP) is 5.11. The van der Waals surface area contributed by atoms with Crippen LogP contribution in [0.5, 0.6) is 0 Å². The Morgan fingerprint density at radius 2 is 1.75 bits per heavy atom. The molecule has 2 aromatic heterocycles. The van der Waals surface area contributed by atoms with Crippen LogP contribution in [0.4, 0.5) is 16.0 Å².